The van der Waals surface area contributed by atoms with Gasteiger partial charge in [0.2, 0.25) is 0 Å². The number of esters is 2. The van der Waals surface area contributed by atoms with Crippen LogP contribution in [-0.2, 0) is 23.8 Å². The molecule has 1 unspecified atom stereocenters. The summed E-state index contributed by atoms with van der Waals surface area (Å²) < 4.78 is 17.3. The average molecular weight is 859 g/mol. The first-order valence-corrected chi connectivity index (χ1v) is 25.4. The number of unbranched alkanes of at least 4 members (excludes halogenated alkanes) is 16. The fraction of sp³-hybridized carbons (Fsp3) is 0.649. The smallest absolute Gasteiger partial charge is 0.306 e. The van der Waals surface area contributed by atoms with Crippen LogP contribution in [-0.4, -0.2) is 37.9 Å². The normalized spacial score (nSPS) is 13.1. The van der Waals surface area contributed by atoms with Gasteiger partial charge in [-0.05, 0) is 103 Å². The Hall–Kier alpha value is -3.44. The highest BCUT2D eigenvalue weighted by molar-refractivity contribution is 5.70. The number of allylic oxidation sites excluding steroid dienone is 18. The van der Waals surface area contributed by atoms with E-state index in [2.05, 4.69) is 130 Å². The summed E-state index contributed by atoms with van der Waals surface area (Å²) >= 11 is 0. The molecule has 0 aliphatic heterocycles. The van der Waals surface area contributed by atoms with Gasteiger partial charge in [-0.25, -0.2) is 0 Å². The molecule has 0 heterocycles. The van der Waals surface area contributed by atoms with Crippen LogP contribution in [0.15, 0.2) is 109 Å². The van der Waals surface area contributed by atoms with E-state index in [-0.39, 0.29) is 25.2 Å². The molecule has 0 spiro atoms. The van der Waals surface area contributed by atoms with Gasteiger partial charge < -0.3 is 14.2 Å². The molecule has 0 rings (SSSR count). The van der Waals surface area contributed by atoms with E-state index in [0.29, 0.717) is 19.4 Å². The van der Waals surface area contributed by atoms with E-state index in [0.717, 1.165) is 128 Å². The molecule has 0 aliphatic rings. The van der Waals surface area contributed by atoms with E-state index < -0.39 is 6.10 Å². The first kappa shape index (κ1) is 58.6. The van der Waals surface area contributed by atoms with E-state index in [1.165, 1.54) is 51.4 Å². The Bertz CT molecular complexity index is 1250. The largest absolute Gasteiger partial charge is 0.462 e. The van der Waals surface area contributed by atoms with Crippen LogP contribution in [0.25, 0.3) is 0 Å². The molecule has 0 radical (unpaired) electrons. The maximum atomic E-state index is 12.8. The SMILES string of the molecule is CC/C=C\C/C=C\C/C=C\C/C=C\C/C=C\CCCCOCC(COC(=O)CCCCCC/C=C\C/C=C\C/C=C\C/C=C\CC)OC(=O)CCCCCCCCCCCCC. The highest BCUT2D eigenvalue weighted by Gasteiger charge is 2.17. The van der Waals surface area contributed by atoms with Crippen molar-refractivity contribution < 1.29 is 23.8 Å². The molecule has 0 fully saturated rings. The topological polar surface area (TPSA) is 61.8 Å². The number of ether oxygens (including phenoxy) is 3. The molecule has 1 atom stereocenters. The van der Waals surface area contributed by atoms with Crippen LogP contribution in [0.2, 0.25) is 0 Å². The zero-order chi connectivity index (χ0) is 44.9. The molecular weight excluding hydrogens is 765 g/mol. The van der Waals surface area contributed by atoms with Crippen molar-refractivity contribution in [2.24, 2.45) is 0 Å². The maximum absolute atomic E-state index is 12.8. The van der Waals surface area contributed by atoms with Crippen molar-refractivity contribution in [2.75, 3.05) is 19.8 Å². The molecular formula is C57H94O5. The minimum absolute atomic E-state index is 0.0503. The van der Waals surface area contributed by atoms with E-state index in [4.69, 9.17) is 14.2 Å². The molecule has 0 aromatic carbocycles. The van der Waals surface area contributed by atoms with Gasteiger partial charge in [-0.2, -0.15) is 0 Å². The number of rotatable bonds is 45. The van der Waals surface area contributed by atoms with Crippen LogP contribution in [0.3, 0.4) is 0 Å². The van der Waals surface area contributed by atoms with Crippen molar-refractivity contribution in [1.82, 2.24) is 0 Å². The predicted molar refractivity (Wildman–Crippen MR) is 269 cm³/mol. The molecule has 62 heavy (non-hydrogen) atoms. The van der Waals surface area contributed by atoms with Gasteiger partial charge in [0, 0.05) is 19.4 Å². The Kier molecular flexibility index (Phi) is 49.0. The fourth-order valence-electron chi connectivity index (χ4n) is 6.58. The Morgan fingerprint density at radius 1 is 0.371 bits per heavy atom. The minimum atomic E-state index is -0.573. The second kappa shape index (κ2) is 51.9. The van der Waals surface area contributed by atoms with Crippen LogP contribution in [0.4, 0.5) is 0 Å². The summed E-state index contributed by atoms with van der Waals surface area (Å²) in [5, 5.41) is 0. The number of hydrogen-bond donors (Lipinski definition) is 0. The first-order valence-electron chi connectivity index (χ1n) is 25.4. The van der Waals surface area contributed by atoms with Gasteiger partial charge in [-0.15, -0.1) is 0 Å². The van der Waals surface area contributed by atoms with Crippen LogP contribution < -0.4 is 0 Å². The Morgan fingerprint density at radius 2 is 0.726 bits per heavy atom. The molecule has 5 heteroatoms. The van der Waals surface area contributed by atoms with E-state index >= 15 is 0 Å². The lowest BCUT2D eigenvalue weighted by Gasteiger charge is -2.18. The van der Waals surface area contributed by atoms with E-state index in [1.807, 2.05) is 0 Å². The van der Waals surface area contributed by atoms with Gasteiger partial charge in [0.05, 0.1) is 6.61 Å². The van der Waals surface area contributed by atoms with Gasteiger partial charge >= 0.3 is 11.9 Å². The first-order chi connectivity index (χ1) is 30.6. The Labute approximate surface area is 383 Å². The van der Waals surface area contributed by atoms with Gasteiger partial charge in [0.25, 0.3) is 0 Å². The third kappa shape index (κ3) is 49.2. The molecule has 0 saturated carbocycles. The third-order valence-corrected chi connectivity index (χ3v) is 10.3. The van der Waals surface area contributed by atoms with Crippen molar-refractivity contribution >= 4 is 11.9 Å². The van der Waals surface area contributed by atoms with Crippen LogP contribution in [0.1, 0.15) is 213 Å². The van der Waals surface area contributed by atoms with Gasteiger partial charge in [0.15, 0.2) is 6.10 Å². The highest BCUT2D eigenvalue weighted by Crippen LogP contribution is 2.13. The molecule has 0 aliphatic carbocycles. The minimum Gasteiger partial charge on any atom is -0.462 e. The van der Waals surface area contributed by atoms with Crippen molar-refractivity contribution in [3.63, 3.8) is 0 Å². The number of carbonyl (C=O) groups is 2. The summed E-state index contributed by atoms with van der Waals surface area (Å²) in [5.74, 6) is -0.454. The van der Waals surface area contributed by atoms with Gasteiger partial charge in [0.1, 0.15) is 6.61 Å². The lowest BCUT2D eigenvalue weighted by atomic mass is 10.1. The summed E-state index contributed by atoms with van der Waals surface area (Å²) in [7, 11) is 0. The maximum Gasteiger partial charge on any atom is 0.306 e. The zero-order valence-electron chi connectivity index (χ0n) is 40.3. The monoisotopic (exact) mass is 859 g/mol. The van der Waals surface area contributed by atoms with Crippen LogP contribution >= 0.6 is 0 Å². The predicted octanol–water partition coefficient (Wildman–Crippen LogP) is 17.2. The van der Waals surface area contributed by atoms with E-state index in [9.17, 15) is 9.59 Å². The van der Waals surface area contributed by atoms with Crippen LogP contribution in [0, 0.1) is 0 Å². The van der Waals surface area contributed by atoms with E-state index in [1.54, 1.807) is 0 Å². The van der Waals surface area contributed by atoms with Crippen molar-refractivity contribution in [1.29, 1.82) is 0 Å². The summed E-state index contributed by atoms with van der Waals surface area (Å²) in [5.41, 5.74) is 0. The zero-order valence-corrected chi connectivity index (χ0v) is 40.3. The molecule has 0 aromatic rings. The summed E-state index contributed by atoms with van der Waals surface area (Å²) in [4.78, 5) is 25.4. The molecule has 0 N–H and O–H groups in total. The Morgan fingerprint density at radius 3 is 1.16 bits per heavy atom. The molecule has 5 nitrogen and oxygen atoms in total. The lowest BCUT2D eigenvalue weighted by Crippen LogP contribution is -2.30. The number of hydrogen-bond acceptors (Lipinski definition) is 5. The van der Waals surface area contributed by atoms with Gasteiger partial charge in [-0.3, -0.25) is 9.59 Å². The summed E-state index contributed by atoms with van der Waals surface area (Å²) in [6.07, 6.45) is 71.0. The van der Waals surface area contributed by atoms with Crippen molar-refractivity contribution in [2.45, 2.75) is 219 Å². The average Bonchev–Trinajstić information content (AvgIpc) is 3.27. The molecule has 0 amide bonds. The fourth-order valence-corrected chi connectivity index (χ4v) is 6.58. The highest BCUT2D eigenvalue weighted by atomic mass is 16.6. The number of carbonyl (C=O) groups excluding carboxylic acids is 2. The Balaban J connectivity index is 4.38. The molecule has 0 aromatic heterocycles. The summed E-state index contributed by atoms with van der Waals surface area (Å²) in [6, 6.07) is 0. The van der Waals surface area contributed by atoms with Crippen LogP contribution in [0.5, 0.6) is 0 Å². The van der Waals surface area contributed by atoms with Crippen molar-refractivity contribution in [3.05, 3.63) is 109 Å². The quantitative estimate of drug-likeness (QED) is 0.0347. The lowest BCUT2D eigenvalue weighted by molar-refractivity contribution is -0.163. The third-order valence-electron chi connectivity index (χ3n) is 10.3. The second-order valence-corrected chi connectivity index (χ2v) is 16.3. The standard InChI is InChI=1S/C57H94O5/c1-4-7-10-13-16-19-22-24-26-28-30-32-34-37-40-43-46-49-52-60-53-55(62-57(59)51-48-45-42-39-35-21-18-15-12-9-6-3)54-61-56(58)50-47-44-41-38-36-33-31-29-27-25-23-20-17-14-11-8-5-2/h7-8,10-11,16-17,19-20,24-27,30-33,37,40,55H,4-6,9,12-15,18,21-23,28-29,34-36,38-39,41-54H2,1-3H3/b10-7-,11-8-,19-16-,20-17-,26-24-,27-25-,32-30-,33-31-,40-37-. The van der Waals surface area contributed by atoms with Gasteiger partial charge in [-0.1, -0.05) is 207 Å². The molecule has 0 saturated heterocycles. The second-order valence-electron chi connectivity index (χ2n) is 16.3. The molecule has 352 valence electrons. The van der Waals surface area contributed by atoms with Crippen molar-refractivity contribution in [3.8, 4) is 0 Å². The molecule has 0 bridgehead atoms. The summed E-state index contributed by atoms with van der Waals surface area (Å²) in [6.45, 7) is 7.46.